The highest BCUT2D eigenvalue weighted by molar-refractivity contribution is 5.28. The van der Waals surface area contributed by atoms with Crippen molar-refractivity contribution in [2.75, 3.05) is 26.2 Å². The van der Waals surface area contributed by atoms with Crippen molar-refractivity contribution in [3.05, 3.63) is 29.8 Å². The summed E-state index contributed by atoms with van der Waals surface area (Å²) in [6, 6.07) is 9.12. The molecule has 112 valence electrons. The smallest absolute Gasteiger partial charge is 0.119 e. The molecule has 0 radical (unpaired) electrons. The van der Waals surface area contributed by atoms with Gasteiger partial charge in [-0.25, -0.2) is 0 Å². The van der Waals surface area contributed by atoms with E-state index in [0.717, 1.165) is 24.8 Å². The van der Waals surface area contributed by atoms with Crippen molar-refractivity contribution in [3.8, 4) is 5.75 Å². The lowest BCUT2D eigenvalue weighted by Gasteiger charge is -2.45. The molecule has 2 bridgehead atoms. The number of rotatable bonds is 5. The molecule has 1 N–H and O–H groups in total. The van der Waals surface area contributed by atoms with Crippen molar-refractivity contribution < 1.29 is 17.1 Å². The standard InChI is InChI=1S/C16H24N2O.ClH/c1-2-19-15-5-3-4-13(10-15)11-17-16-12-18-8-6-14(16)7-9-18;/h3-5,10,14,16-17H,2,6-9,11-12H2,1H3;1H/p-1. The molecule has 1 aromatic rings. The molecule has 3 aliphatic heterocycles. The zero-order valence-corrected chi connectivity index (χ0v) is 12.9. The summed E-state index contributed by atoms with van der Waals surface area (Å²) in [7, 11) is 0. The van der Waals surface area contributed by atoms with Gasteiger partial charge in [-0.15, -0.1) is 0 Å². The van der Waals surface area contributed by atoms with Gasteiger partial charge >= 0.3 is 0 Å². The number of nitrogens with zero attached hydrogens (tertiary/aromatic N) is 1. The molecule has 1 aromatic carbocycles. The molecule has 3 fully saturated rings. The Morgan fingerprint density at radius 1 is 1.30 bits per heavy atom. The maximum absolute atomic E-state index is 5.55. The van der Waals surface area contributed by atoms with Gasteiger partial charge in [-0.2, -0.15) is 0 Å². The van der Waals surface area contributed by atoms with E-state index in [0.29, 0.717) is 6.04 Å². The van der Waals surface area contributed by atoms with Crippen LogP contribution in [0.5, 0.6) is 5.75 Å². The Hall–Kier alpha value is -0.770. The van der Waals surface area contributed by atoms with Gasteiger partial charge in [0.1, 0.15) is 5.75 Å². The number of nitrogens with one attached hydrogen (secondary N) is 1. The van der Waals surface area contributed by atoms with E-state index in [9.17, 15) is 0 Å². The molecule has 3 nitrogen and oxygen atoms in total. The molecule has 1 unspecified atom stereocenters. The van der Waals surface area contributed by atoms with Gasteiger partial charge in [0.05, 0.1) is 6.61 Å². The highest BCUT2D eigenvalue weighted by Crippen LogP contribution is 2.27. The predicted molar refractivity (Wildman–Crippen MR) is 77.4 cm³/mol. The zero-order valence-electron chi connectivity index (χ0n) is 12.1. The van der Waals surface area contributed by atoms with Gasteiger partial charge in [0.15, 0.2) is 0 Å². The number of halogens is 1. The first-order valence-corrected chi connectivity index (χ1v) is 7.52. The van der Waals surface area contributed by atoms with E-state index in [4.69, 9.17) is 4.74 Å². The maximum atomic E-state index is 5.55. The third-order valence-electron chi connectivity index (χ3n) is 4.43. The number of hydrogen-bond donors (Lipinski definition) is 1. The summed E-state index contributed by atoms with van der Waals surface area (Å²) in [5.41, 5.74) is 1.32. The first-order valence-electron chi connectivity index (χ1n) is 7.52. The summed E-state index contributed by atoms with van der Waals surface area (Å²) < 4.78 is 5.55. The first-order chi connectivity index (χ1) is 9.35. The molecule has 4 heteroatoms. The van der Waals surface area contributed by atoms with Gasteiger partial charge in [-0.1, -0.05) is 12.1 Å². The fourth-order valence-electron chi connectivity index (χ4n) is 3.36. The van der Waals surface area contributed by atoms with Crippen molar-refractivity contribution in [2.45, 2.75) is 32.4 Å². The van der Waals surface area contributed by atoms with Crippen LogP contribution in [0.1, 0.15) is 25.3 Å². The van der Waals surface area contributed by atoms with Crippen LogP contribution in [0.2, 0.25) is 0 Å². The van der Waals surface area contributed by atoms with Crippen LogP contribution in [0.15, 0.2) is 24.3 Å². The van der Waals surface area contributed by atoms with Crippen LogP contribution in [0.3, 0.4) is 0 Å². The Labute approximate surface area is 128 Å². The Balaban J connectivity index is 0.00000147. The van der Waals surface area contributed by atoms with E-state index in [1.807, 2.05) is 13.0 Å². The average molecular weight is 296 g/mol. The van der Waals surface area contributed by atoms with Gasteiger partial charge in [-0.3, -0.25) is 0 Å². The molecule has 0 saturated carbocycles. The van der Waals surface area contributed by atoms with Crippen molar-refractivity contribution >= 4 is 0 Å². The second-order valence-corrected chi connectivity index (χ2v) is 5.71. The van der Waals surface area contributed by atoms with E-state index in [1.54, 1.807) is 0 Å². The molecule has 0 aliphatic carbocycles. The fraction of sp³-hybridized carbons (Fsp3) is 0.625. The van der Waals surface area contributed by atoms with Crippen molar-refractivity contribution in [1.29, 1.82) is 0 Å². The molecule has 0 aromatic heterocycles. The number of ether oxygens (including phenoxy) is 1. The van der Waals surface area contributed by atoms with E-state index < -0.39 is 0 Å². The van der Waals surface area contributed by atoms with E-state index in [1.165, 1.54) is 38.0 Å². The Bertz CT molecular complexity index is 419. The minimum Gasteiger partial charge on any atom is -1.00 e. The van der Waals surface area contributed by atoms with Gasteiger partial charge < -0.3 is 27.4 Å². The molecular formula is C16H24ClN2O-. The lowest BCUT2D eigenvalue weighted by Crippen LogP contribution is -3.00. The molecule has 0 spiro atoms. The number of fused-ring (bicyclic) bond motifs is 3. The van der Waals surface area contributed by atoms with Crippen LogP contribution in [0.4, 0.5) is 0 Å². The second kappa shape index (κ2) is 7.30. The van der Waals surface area contributed by atoms with E-state index in [-0.39, 0.29) is 12.4 Å². The third-order valence-corrected chi connectivity index (χ3v) is 4.43. The minimum atomic E-state index is 0. The van der Waals surface area contributed by atoms with Gasteiger partial charge in [0.25, 0.3) is 0 Å². The van der Waals surface area contributed by atoms with Crippen LogP contribution >= 0.6 is 0 Å². The molecule has 0 amide bonds. The molecule has 4 rings (SSSR count). The molecule has 20 heavy (non-hydrogen) atoms. The quantitative estimate of drug-likeness (QED) is 0.775. The Kier molecular flexibility index (Phi) is 5.70. The lowest BCUT2D eigenvalue weighted by atomic mass is 9.84. The van der Waals surface area contributed by atoms with Gasteiger partial charge in [0, 0.05) is 19.1 Å². The molecule has 3 saturated heterocycles. The lowest BCUT2D eigenvalue weighted by molar-refractivity contribution is -0.00000455. The summed E-state index contributed by atoms with van der Waals surface area (Å²) in [5, 5.41) is 3.74. The summed E-state index contributed by atoms with van der Waals surface area (Å²) in [6.07, 6.45) is 2.74. The SMILES string of the molecule is CCOc1cccc(CNC2CN3CCC2CC3)c1.[Cl-]. The molecule has 3 heterocycles. The van der Waals surface area contributed by atoms with Crippen molar-refractivity contribution in [3.63, 3.8) is 0 Å². The summed E-state index contributed by atoms with van der Waals surface area (Å²) >= 11 is 0. The average Bonchev–Trinajstić information content (AvgIpc) is 2.47. The van der Waals surface area contributed by atoms with Crippen molar-refractivity contribution in [1.82, 2.24) is 10.2 Å². The number of benzene rings is 1. The van der Waals surface area contributed by atoms with Crippen LogP contribution in [-0.4, -0.2) is 37.2 Å². The normalized spacial score (nSPS) is 27.9. The van der Waals surface area contributed by atoms with E-state index >= 15 is 0 Å². The van der Waals surface area contributed by atoms with Crippen LogP contribution < -0.4 is 22.5 Å². The third kappa shape index (κ3) is 3.66. The first kappa shape index (κ1) is 15.6. The number of piperidine rings is 3. The van der Waals surface area contributed by atoms with Crippen molar-refractivity contribution in [2.24, 2.45) is 5.92 Å². The zero-order chi connectivity index (χ0) is 13.1. The Morgan fingerprint density at radius 2 is 2.10 bits per heavy atom. The molecule has 1 atom stereocenters. The second-order valence-electron chi connectivity index (χ2n) is 5.71. The Morgan fingerprint density at radius 3 is 2.75 bits per heavy atom. The van der Waals surface area contributed by atoms with Gasteiger partial charge in [0.2, 0.25) is 0 Å². The number of hydrogen-bond acceptors (Lipinski definition) is 3. The van der Waals surface area contributed by atoms with E-state index in [2.05, 4.69) is 28.4 Å². The highest BCUT2D eigenvalue weighted by atomic mass is 35.5. The van der Waals surface area contributed by atoms with Crippen LogP contribution in [-0.2, 0) is 6.54 Å². The monoisotopic (exact) mass is 295 g/mol. The molecule has 3 aliphatic rings. The van der Waals surface area contributed by atoms with Gasteiger partial charge in [-0.05, 0) is 56.5 Å². The van der Waals surface area contributed by atoms with Crippen LogP contribution in [0, 0.1) is 5.92 Å². The summed E-state index contributed by atoms with van der Waals surface area (Å²) in [5.74, 6) is 1.87. The fourth-order valence-corrected chi connectivity index (χ4v) is 3.36. The summed E-state index contributed by atoms with van der Waals surface area (Å²) in [6.45, 7) is 7.56. The predicted octanol–water partition coefficient (Wildman–Crippen LogP) is -0.727. The largest absolute Gasteiger partial charge is 1.00 e. The minimum absolute atomic E-state index is 0. The molecular weight excluding hydrogens is 272 g/mol. The summed E-state index contributed by atoms with van der Waals surface area (Å²) in [4.78, 5) is 2.59. The van der Waals surface area contributed by atoms with Crippen LogP contribution in [0.25, 0.3) is 0 Å². The maximum Gasteiger partial charge on any atom is 0.119 e. The topological polar surface area (TPSA) is 24.5 Å². The highest BCUT2D eigenvalue weighted by Gasteiger charge is 2.33.